The number of alkyl halides is 3. The number of amides is 2. The fourth-order valence-corrected chi connectivity index (χ4v) is 3.52. The zero-order chi connectivity index (χ0) is 18.2. The van der Waals surface area contributed by atoms with Crippen molar-refractivity contribution >= 4 is 33.4 Å². The van der Waals surface area contributed by atoms with Gasteiger partial charge in [-0.2, -0.15) is 13.2 Å². The second-order valence-electron chi connectivity index (χ2n) is 6.58. The van der Waals surface area contributed by atoms with Gasteiger partial charge in [-0.25, -0.2) is 0 Å². The minimum Gasteiger partial charge on any atom is -0.342 e. The SMILES string of the molecule is O=C(Nc1ccc(Br)c(C(F)(F)F)c1)[C@@H]1CCCN(C(=O)C2CC2)C1. The zero-order valence-electron chi connectivity index (χ0n) is 13.4. The van der Waals surface area contributed by atoms with Crippen molar-refractivity contribution in [3.8, 4) is 0 Å². The number of carbonyl (C=O) groups excluding carboxylic acids is 2. The number of halogens is 4. The molecule has 1 saturated heterocycles. The number of benzene rings is 1. The molecule has 25 heavy (non-hydrogen) atoms. The molecule has 2 fully saturated rings. The van der Waals surface area contributed by atoms with E-state index in [9.17, 15) is 22.8 Å². The van der Waals surface area contributed by atoms with Crippen LogP contribution in [-0.4, -0.2) is 29.8 Å². The van der Waals surface area contributed by atoms with E-state index in [4.69, 9.17) is 0 Å². The molecule has 2 amide bonds. The van der Waals surface area contributed by atoms with Gasteiger partial charge in [-0.15, -0.1) is 0 Å². The minimum absolute atomic E-state index is 0.0723. The lowest BCUT2D eigenvalue weighted by molar-refractivity contribution is -0.138. The maximum Gasteiger partial charge on any atom is 0.417 e. The normalized spacial score (nSPS) is 21.1. The Hall–Kier alpha value is -1.57. The van der Waals surface area contributed by atoms with Gasteiger partial charge in [-0.1, -0.05) is 15.9 Å². The van der Waals surface area contributed by atoms with Gasteiger partial charge in [0.15, 0.2) is 0 Å². The fraction of sp³-hybridized carbons (Fsp3) is 0.529. The van der Waals surface area contributed by atoms with E-state index < -0.39 is 17.7 Å². The predicted octanol–water partition coefficient (Wildman–Crippen LogP) is 4.06. The molecule has 1 saturated carbocycles. The van der Waals surface area contributed by atoms with Crippen LogP contribution in [0.15, 0.2) is 22.7 Å². The summed E-state index contributed by atoms with van der Waals surface area (Å²) in [5.74, 6) is -0.540. The first-order valence-electron chi connectivity index (χ1n) is 8.22. The number of hydrogen-bond acceptors (Lipinski definition) is 2. The van der Waals surface area contributed by atoms with Crippen molar-refractivity contribution in [2.45, 2.75) is 31.9 Å². The van der Waals surface area contributed by atoms with Crippen LogP contribution in [0.2, 0.25) is 0 Å². The van der Waals surface area contributed by atoms with E-state index >= 15 is 0 Å². The van der Waals surface area contributed by atoms with Crippen LogP contribution in [0.5, 0.6) is 0 Å². The number of nitrogens with zero attached hydrogens (tertiary/aromatic N) is 1. The third kappa shape index (κ3) is 4.34. The summed E-state index contributed by atoms with van der Waals surface area (Å²) in [6.45, 7) is 0.986. The van der Waals surface area contributed by atoms with Gasteiger partial charge in [-0.05, 0) is 43.9 Å². The Kier molecular flexibility index (Phi) is 5.09. The minimum atomic E-state index is -4.50. The van der Waals surface area contributed by atoms with Crippen molar-refractivity contribution in [2.75, 3.05) is 18.4 Å². The van der Waals surface area contributed by atoms with Crippen LogP contribution in [-0.2, 0) is 15.8 Å². The number of likely N-dealkylation sites (tertiary alicyclic amines) is 1. The van der Waals surface area contributed by atoms with E-state index in [0.717, 1.165) is 25.3 Å². The highest BCUT2D eigenvalue weighted by molar-refractivity contribution is 9.10. The van der Waals surface area contributed by atoms with Crippen LogP contribution >= 0.6 is 15.9 Å². The van der Waals surface area contributed by atoms with E-state index in [1.54, 1.807) is 4.90 Å². The third-order valence-electron chi connectivity index (χ3n) is 4.57. The Morgan fingerprint density at radius 1 is 1.16 bits per heavy atom. The first-order valence-corrected chi connectivity index (χ1v) is 9.01. The van der Waals surface area contributed by atoms with E-state index in [1.165, 1.54) is 12.1 Å². The molecule has 1 heterocycles. The van der Waals surface area contributed by atoms with Gasteiger partial charge in [0.1, 0.15) is 0 Å². The van der Waals surface area contributed by atoms with E-state index in [-0.39, 0.29) is 27.9 Å². The van der Waals surface area contributed by atoms with Crippen LogP contribution in [0, 0.1) is 11.8 Å². The Bertz CT molecular complexity index is 689. The summed E-state index contributed by atoms with van der Waals surface area (Å²) in [4.78, 5) is 26.3. The Morgan fingerprint density at radius 2 is 1.88 bits per heavy atom. The average Bonchev–Trinajstić information content (AvgIpc) is 3.40. The van der Waals surface area contributed by atoms with Crippen LogP contribution in [0.4, 0.5) is 18.9 Å². The second-order valence-corrected chi connectivity index (χ2v) is 7.43. The van der Waals surface area contributed by atoms with E-state index in [2.05, 4.69) is 21.2 Å². The van der Waals surface area contributed by atoms with Crippen molar-refractivity contribution in [1.29, 1.82) is 0 Å². The molecule has 1 atom stereocenters. The summed E-state index contributed by atoms with van der Waals surface area (Å²) in [5.41, 5.74) is -0.731. The summed E-state index contributed by atoms with van der Waals surface area (Å²) in [7, 11) is 0. The fourth-order valence-electron chi connectivity index (χ4n) is 3.04. The zero-order valence-corrected chi connectivity index (χ0v) is 15.0. The van der Waals surface area contributed by atoms with Crippen molar-refractivity contribution in [1.82, 2.24) is 4.90 Å². The molecule has 2 aliphatic rings. The van der Waals surface area contributed by atoms with Gasteiger partial charge in [0, 0.05) is 29.2 Å². The number of piperidine rings is 1. The van der Waals surface area contributed by atoms with E-state index in [1.807, 2.05) is 0 Å². The largest absolute Gasteiger partial charge is 0.417 e. The molecule has 0 radical (unpaired) electrons. The summed E-state index contributed by atoms with van der Waals surface area (Å²) >= 11 is 2.88. The molecule has 1 aliphatic carbocycles. The molecule has 1 aromatic rings. The third-order valence-corrected chi connectivity index (χ3v) is 5.26. The Labute approximate surface area is 151 Å². The predicted molar refractivity (Wildman–Crippen MR) is 89.8 cm³/mol. The van der Waals surface area contributed by atoms with Crippen molar-refractivity contribution in [3.05, 3.63) is 28.2 Å². The molecule has 3 rings (SSSR count). The topological polar surface area (TPSA) is 49.4 Å². The molecular weight excluding hydrogens is 401 g/mol. The van der Waals surface area contributed by atoms with Crippen molar-refractivity contribution in [3.63, 3.8) is 0 Å². The van der Waals surface area contributed by atoms with Gasteiger partial charge in [0.2, 0.25) is 11.8 Å². The smallest absolute Gasteiger partial charge is 0.342 e. The molecule has 4 nitrogen and oxygen atoms in total. The van der Waals surface area contributed by atoms with Crippen LogP contribution in [0.25, 0.3) is 0 Å². The number of carbonyl (C=O) groups is 2. The lowest BCUT2D eigenvalue weighted by Crippen LogP contribution is -2.44. The van der Waals surface area contributed by atoms with Crippen LogP contribution in [0.1, 0.15) is 31.2 Å². The lowest BCUT2D eigenvalue weighted by Gasteiger charge is -2.32. The lowest BCUT2D eigenvalue weighted by atomic mass is 9.96. The number of rotatable bonds is 3. The summed E-state index contributed by atoms with van der Waals surface area (Å²) in [6.07, 6.45) is -1.33. The summed E-state index contributed by atoms with van der Waals surface area (Å²) in [5, 5.41) is 2.56. The monoisotopic (exact) mass is 418 g/mol. The number of anilines is 1. The first-order chi connectivity index (χ1) is 11.8. The van der Waals surface area contributed by atoms with Gasteiger partial charge < -0.3 is 10.2 Å². The molecular formula is C17H18BrF3N2O2. The molecule has 0 unspecified atom stereocenters. The molecule has 0 bridgehead atoms. The Balaban J connectivity index is 1.66. The maximum atomic E-state index is 13.0. The average molecular weight is 419 g/mol. The van der Waals surface area contributed by atoms with Gasteiger partial charge in [-0.3, -0.25) is 9.59 Å². The standard InChI is InChI=1S/C17H18BrF3N2O2/c18-14-6-5-12(8-13(14)17(19,20)21)22-15(24)11-2-1-7-23(9-11)16(25)10-3-4-10/h5-6,8,10-11H,1-4,7,9H2,(H,22,24)/t11-/m1/s1. The maximum absolute atomic E-state index is 13.0. The van der Waals surface area contributed by atoms with E-state index in [0.29, 0.717) is 19.5 Å². The first kappa shape index (κ1) is 18.2. The molecule has 0 aromatic heterocycles. The molecule has 136 valence electrons. The van der Waals surface area contributed by atoms with Crippen LogP contribution < -0.4 is 5.32 Å². The highest BCUT2D eigenvalue weighted by Crippen LogP contribution is 2.36. The van der Waals surface area contributed by atoms with Gasteiger partial charge in [0.25, 0.3) is 0 Å². The van der Waals surface area contributed by atoms with Crippen molar-refractivity contribution < 1.29 is 22.8 Å². The summed E-state index contributed by atoms with van der Waals surface area (Å²) < 4.78 is 38.8. The molecule has 8 heteroatoms. The highest BCUT2D eigenvalue weighted by atomic mass is 79.9. The van der Waals surface area contributed by atoms with Gasteiger partial charge >= 0.3 is 6.18 Å². The van der Waals surface area contributed by atoms with Crippen molar-refractivity contribution in [2.24, 2.45) is 11.8 Å². The number of nitrogens with one attached hydrogen (secondary N) is 1. The molecule has 1 aromatic carbocycles. The molecule has 1 N–H and O–H groups in total. The quantitative estimate of drug-likeness (QED) is 0.804. The second kappa shape index (κ2) is 6.97. The number of hydrogen-bond donors (Lipinski definition) is 1. The van der Waals surface area contributed by atoms with Crippen LogP contribution in [0.3, 0.4) is 0 Å². The molecule has 0 spiro atoms. The summed E-state index contributed by atoms with van der Waals surface area (Å²) in [6, 6.07) is 3.60. The van der Waals surface area contributed by atoms with Gasteiger partial charge in [0.05, 0.1) is 11.5 Å². The molecule has 1 aliphatic heterocycles. The highest BCUT2D eigenvalue weighted by Gasteiger charge is 2.37. The Morgan fingerprint density at radius 3 is 2.52 bits per heavy atom.